The maximum atomic E-state index is 11.3. The molecule has 3 heteroatoms. The van der Waals surface area contributed by atoms with Crippen LogP contribution in [0, 0.1) is 0 Å². The lowest BCUT2D eigenvalue weighted by Crippen LogP contribution is -1.91. The zero-order valence-corrected chi connectivity index (χ0v) is 9.42. The van der Waals surface area contributed by atoms with Gasteiger partial charge in [0, 0.05) is 18.7 Å². The van der Waals surface area contributed by atoms with Gasteiger partial charge in [-0.05, 0) is 12.1 Å². The highest BCUT2D eigenvalue weighted by molar-refractivity contribution is 5.81. The fourth-order valence-corrected chi connectivity index (χ4v) is 2.03. The summed E-state index contributed by atoms with van der Waals surface area (Å²) >= 11 is 0. The van der Waals surface area contributed by atoms with Gasteiger partial charge in [0.05, 0.1) is 11.0 Å². The van der Waals surface area contributed by atoms with Gasteiger partial charge in [0.1, 0.15) is 5.82 Å². The Morgan fingerprint density at radius 1 is 1.06 bits per heavy atom. The largest absolute Gasteiger partial charge is 0.327 e. The second kappa shape index (κ2) is 3.63. The maximum Gasteiger partial charge on any atom is 0.180 e. The second-order valence-electron chi connectivity index (χ2n) is 4.01. The highest BCUT2D eigenvalue weighted by Gasteiger charge is 2.09. The van der Waals surface area contributed by atoms with Crippen LogP contribution in [0.25, 0.3) is 22.4 Å². The van der Waals surface area contributed by atoms with Gasteiger partial charge in [-0.2, -0.15) is 0 Å². The molecule has 0 saturated heterocycles. The van der Waals surface area contributed by atoms with Crippen LogP contribution in [0.5, 0.6) is 5.75 Å². The molecule has 0 fully saturated rings. The van der Waals surface area contributed by atoms with Gasteiger partial charge in [0.2, 0.25) is 0 Å². The smallest absolute Gasteiger partial charge is 0.180 e. The fraction of sp³-hybridized carbons (Fsp3) is 0.0714. The lowest BCUT2D eigenvalue weighted by atomic mass is 10.2. The minimum Gasteiger partial charge on any atom is -0.327 e. The molecule has 0 atom stereocenters. The molecule has 1 heterocycles. The lowest BCUT2D eigenvalue weighted by Gasteiger charge is -2.01. The Kier molecular flexibility index (Phi) is 2.11. The molecule has 3 aromatic rings. The molecule has 1 radical (unpaired) electrons. The Labute approximate surface area is 99.0 Å². The number of benzene rings is 2. The summed E-state index contributed by atoms with van der Waals surface area (Å²) in [5.74, 6) is 0.876. The number of rotatable bonds is 1. The highest BCUT2D eigenvalue weighted by Crippen LogP contribution is 2.25. The molecule has 0 spiro atoms. The van der Waals surface area contributed by atoms with Crippen molar-refractivity contribution in [3.63, 3.8) is 0 Å². The number of imidazole rings is 1. The van der Waals surface area contributed by atoms with Crippen LogP contribution in [0.1, 0.15) is 0 Å². The van der Waals surface area contributed by atoms with Crippen molar-refractivity contribution in [1.29, 1.82) is 0 Å². The van der Waals surface area contributed by atoms with E-state index < -0.39 is 0 Å². The number of aryl methyl sites for hydroxylation is 1. The zero-order chi connectivity index (χ0) is 11.8. The van der Waals surface area contributed by atoms with Crippen LogP contribution in [0.15, 0.2) is 48.5 Å². The molecule has 2 aromatic carbocycles. The summed E-state index contributed by atoms with van der Waals surface area (Å²) in [5, 5.41) is 11.3. The summed E-state index contributed by atoms with van der Waals surface area (Å²) in [7, 11) is 1.96. The predicted octanol–water partition coefficient (Wildman–Crippen LogP) is 3.38. The molecule has 83 valence electrons. The first-order chi connectivity index (χ1) is 8.25. The van der Waals surface area contributed by atoms with Crippen molar-refractivity contribution in [3.8, 4) is 17.1 Å². The van der Waals surface area contributed by atoms with E-state index in [1.54, 1.807) is 12.1 Å². The number of fused-ring (bicyclic) bond motifs is 1. The van der Waals surface area contributed by atoms with Gasteiger partial charge in [-0.15, -0.1) is 0 Å². The van der Waals surface area contributed by atoms with Crippen LogP contribution >= 0.6 is 0 Å². The van der Waals surface area contributed by atoms with Crippen LogP contribution in [0.3, 0.4) is 0 Å². The summed E-state index contributed by atoms with van der Waals surface area (Å²) in [6.45, 7) is 0. The monoisotopic (exact) mass is 223 g/mol. The van der Waals surface area contributed by atoms with Crippen LogP contribution in [0.2, 0.25) is 0 Å². The summed E-state index contributed by atoms with van der Waals surface area (Å²) in [6, 6.07) is 14.9. The first kappa shape index (κ1) is 9.90. The molecule has 0 bridgehead atoms. The molecule has 0 aliphatic carbocycles. The third kappa shape index (κ3) is 1.56. The van der Waals surface area contributed by atoms with Crippen LogP contribution in [0.4, 0.5) is 0 Å². The van der Waals surface area contributed by atoms with Crippen molar-refractivity contribution in [2.75, 3.05) is 0 Å². The lowest BCUT2D eigenvalue weighted by molar-refractivity contribution is 0.355. The Hall–Kier alpha value is -2.29. The molecule has 3 nitrogen and oxygen atoms in total. The Bertz CT molecular complexity index is 671. The maximum absolute atomic E-state index is 11.3. The third-order valence-corrected chi connectivity index (χ3v) is 2.88. The molecule has 0 aliphatic rings. The Morgan fingerprint density at radius 2 is 1.82 bits per heavy atom. The van der Waals surface area contributed by atoms with Gasteiger partial charge >= 0.3 is 0 Å². The van der Waals surface area contributed by atoms with Gasteiger partial charge in [-0.3, -0.25) is 5.11 Å². The van der Waals surface area contributed by atoms with E-state index in [1.807, 2.05) is 48.0 Å². The fourth-order valence-electron chi connectivity index (χ4n) is 2.03. The quantitative estimate of drug-likeness (QED) is 0.623. The minimum absolute atomic E-state index is 0.00443. The molecule has 0 N–H and O–H groups in total. The van der Waals surface area contributed by atoms with E-state index in [2.05, 4.69) is 4.98 Å². The summed E-state index contributed by atoms with van der Waals surface area (Å²) in [6.07, 6.45) is 0. The van der Waals surface area contributed by atoms with Crippen molar-refractivity contribution in [2.24, 2.45) is 7.05 Å². The zero-order valence-electron chi connectivity index (χ0n) is 9.42. The van der Waals surface area contributed by atoms with Crippen LogP contribution in [-0.4, -0.2) is 9.55 Å². The SMILES string of the molecule is Cn1c(-c2ccccc2)nc2cc([O])ccc21. The number of aromatic nitrogens is 2. The standard InChI is InChI=1S/C14H11N2O/c1-16-13-8-7-11(17)9-12(13)15-14(16)10-5-3-2-4-6-10/h2-9H,1H3. The minimum atomic E-state index is -0.00443. The molecular weight excluding hydrogens is 212 g/mol. The average molecular weight is 223 g/mol. The van der Waals surface area contributed by atoms with Crippen molar-refractivity contribution in [1.82, 2.24) is 9.55 Å². The summed E-state index contributed by atoms with van der Waals surface area (Å²) < 4.78 is 2.00. The van der Waals surface area contributed by atoms with Crippen molar-refractivity contribution in [2.45, 2.75) is 0 Å². The highest BCUT2D eigenvalue weighted by atomic mass is 16.3. The molecule has 0 saturated carbocycles. The van der Waals surface area contributed by atoms with E-state index in [0.717, 1.165) is 22.4 Å². The summed E-state index contributed by atoms with van der Waals surface area (Å²) in [4.78, 5) is 4.51. The van der Waals surface area contributed by atoms with Gasteiger partial charge in [0.15, 0.2) is 5.75 Å². The van der Waals surface area contributed by atoms with E-state index in [9.17, 15) is 5.11 Å². The third-order valence-electron chi connectivity index (χ3n) is 2.88. The van der Waals surface area contributed by atoms with Crippen molar-refractivity contribution >= 4 is 11.0 Å². The number of nitrogens with zero attached hydrogens (tertiary/aromatic N) is 2. The number of hydrogen-bond donors (Lipinski definition) is 0. The van der Waals surface area contributed by atoms with Gasteiger partial charge in [-0.1, -0.05) is 30.3 Å². The molecule has 0 aliphatic heterocycles. The van der Waals surface area contributed by atoms with Gasteiger partial charge in [-0.25, -0.2) is 4.98 Å². The first-order valence-electron chi connectivity index (χ1n) is 5.44. The van der Waals surface area contributed by atoms with Gasteiger partial charge < -0.3 is 4.57 Å². The Balaban J connectivity index is 2.28. The topological polar surface area (TPSA) is 37.7 Å². The van der Waals surface area contributed by atoms with E-state index in [4.69, 9.17) is 0 Å². The van der Waals surface area contributed by atoms with Crippen molar-refractivity contribution < 1.29 is 5.11 Å². The molecular formula is C14H11N2O. The second-order valence-corrected chi connectivity index (χ2v) is 4.01. The van der Waals surface area contributed by atoms with Gasteiger partial charge in [0.25, 0.3) is 0 Å². The van der Waals surface area contributed by atoms with E-state index >= 15 is 0 Å². The normalized spacial score (nSPS) is 10.9. The molecule has 0 amide bonds. The number of hydrogen-bond acceptors (Lipinski definition) is 1. The van der Waals surface area contributed by atoms with E-state index in [1.165, 1.54) is 0 Å². The van der Waals surface area contributed by atoms with Crippen molar-refractivity contribution in [3.05, 3.63) is 48.5 Å². The first-order valence-corrected chi connectivity index (χ1v) is 5.44. The molecule has 17 heavy (non-hydrogen) atoms. The Morgan fingerprint density at radius 3 is 2.59 bits per heavy atom. The van der Waals surface area contributed by atoms with E-state index in [-0.39, 0.29) is 5.75 Å². The predicted molar refractivity (Wildman–Crippen MR) is 66.3 cm³/mol. The molecule has 1 aromatic heterocycles. The molecule has 0 unspecified atom stereocenters. The average Bonchev–Trinajstić information content (AvgIpc) is 2.67. The molecule has 3 rings (SSSR count). The summed E-state index contributed by atoms with van der Waals surface area (Å²) in [5.41, 5.74) is 2.78. The van der Waals surface area contributed by atoms with Crippen LogP contribution < -0.4 is 0 Å². The van der Waals surface area contributed by atoms with E-state index in [0.29, 0.717) is 0 Å². The van der Waals surface area contributed by atoms with Crippen LogP contribution in [-0.2, 0) is 12.2 Å².